The largest absolute Gasteiger partial charge is 0.417 e. The van der Waals surface area contributed by atoms with E-state index in [0.717, 1.165) is 37.9 Å². The minimum absolute atomic E-state index is 0.241. The molecule has 3 rings (SSSR count). The van der Waals surface area contributed by atoms with Gasteiger partial charge in [-0.3, -0.25) is 0 Å². The Hall–Kier alpha value is -0.430. The molecule has 2 nitrogen and oxygen atoms in total. The van der Waals surface area contributed by atoms with Gasteiger partial charge in [-0.15, -0.1) is 0 Å². The summed E-state index contributed by atoms with van der Waals surface area (Å²) in [4.78, 5) is 3.20. The zero-order valence-electron chi connectivity index (χ0n) is 14.4. The zero-order valence-corrected chi connectivity index (χ0v) is 15.9. The van der Waals surface area contributed by atoms with Crippen molar-refractivity contribution in [2.75, 3.05) is 26.2 Å². The molecule has 0 atom stereocenters. The fraction of sp³-hybridized carbons (Fsp3) is 0.667. The Bertz CT molecular complexity index is 580. The van der Waals surface area contributed by atoms with E-state index in [-0.39, 0.29) is 5.02 Å². The Morgan fingerprint density at radius 3 is 2.28 bits per heavy atom. The van der Waals surface area contributed by atoms with Crippen LogP contribution in [0.15, 0.2) is 23.1 Å². The van der Waals surface area contributed by atoms with E-state index in [4.69, 9.17) is 11.6 Å². The molecule has 0 radical (unpaired) electrons. The number of halogens is 4. The van der Waals surface area contributed by atoms with Crippen molar-refractivity contribution < 1.29 is 13.2 Å². The van der Waals surface area contributed by atoms with Crippen LogP contribution >= 0.6 is 23.5 Å². The number of rotatable bonds is 3. The van der Waals surface area contributed by atoms with Crippen LogP contribution in [-0.4, -0.2) is 41.4 Å². The van der Waals surface area contributed by atoms with E-state index in [1.54, 1.807) is 6.07 Å². The first-order valence-electron chi connectivity index (χ1n) is 8.86. The summed E-state index contributed by atoms with van der Waals surface area (Å²) in [6.45, 7) is 6.50. The number of piperidine rings is 2. The smallest absolute Gasteiger partial charge is 0.300 e. The number of alkyl halides is 3. The molecule has 1 aromatic carbocycles. The molecule has 2 aliphatic rings. The fourth-order valence-corrected chi connectivity index (χ4v) is 4.84. The molecule has 140 valence electrons. The molecule has 2 saturated heterocycles. The average Bonchev–Trinajstić information content (AvgIpc) is 2.57. The van der Waals surface area contributed by atoms with Crippen LogP contribution in [0.2, 0.25) is 5.02 Å². The van der Waals surface area contributed by atoms with Crippen LogP contribution in [0.5, 0.6) is 0 Å². The van der Waals surface area contributed by atoms with Gasteiger partial charge in [-0.25, -0.2) is 4.31 Å². The molecule has 2 aliphatic heterocycles. The molecule has 0 N–H and O–H groups in total. The zero-order chi connectivity index (χ0) is 18.0. The monoisotopic (exact) mass is 392 g/mol. The van der Waals surface area contributed by atoms with Crippen LogP contribution in [0.25, 0.3) is 0 Å². The van der Waals surface area contributed by atoms with Crippen molar-refractivity contribution in [3.05, 3.63) is 28.8 Å². The van der Waals surface area contributed by atoms with Gasteiger partial charge in [0.2, 0.25) is 0 Å². The molecular weight excluding hydrogens is 369 g/mol. The molecule has 2 fully saturated rings. The molecule has 2 heterocycles. The van der Waals surface area contributed by atoms with E-state index in [1.807, 2.05) is 0 Å². The lowest BCUT2D eigenvalue weighted by Crippen LogP contribution is -2.46. The third-order valence-electron chi connectivity index (χ3n) is 5.24. The average molecular weight is 393 g/mol. The van der Waals surface area contributed by atoms with Gasteiger partial charge in [-0.05, 0) is 74.8 Å². The van der Waals surface area contributed by atoms with Crippen molar-refractivity contribution in [3.63, 3.8) is 0 Å². The van der Waals surface area contributed by atoms with Gasteiger partial charge in [-0.2, -0.15) is 13.2 Å². The van der Waals surface area contributed by atoms with Crippen molar-refractivity contribution in [1.29, 1.82) is 0 Å². The quantitative estimate of drug-likeness (QED) is 0.621. The highest BCUT2D eigenvalue weighted by molar-refractivity contribution is 7.97. The normalized spacial score (nSPS) is 22.4. The van der Waals surface area contributed by atoms with E-state index in [1.165, 1.54) is 43.9 Å². The molecule has 0 aliphatic carbocycles. The highest BCUT2D eigenvalue weighted by Crippen LogP contribution is 2.38. The fourth-order valence-electron chi connectivity index (χ4n) is 3.62. The standard InChI is InChI=1S/C18H24ClF3N2S/c1-13-4-8-23(9-5-13)14-6-10-24(11-7-14)25-15-2-3-17(19)16(12-15)18(20,21)22/h2-3,12-14H,4-11H2,1H3. The minimum atomic E-state index is -4.41. The summed E-state index contributed by atoms with van der Waals surface area (Å²) < 4.78 is 41.1. The van der Waals surface area contributed by atoms with Gasteiger partial charge in [0.1, 0.15) is 0 Å². The Kier molecular flexibility index (Phi) is 6.24. The number of hydrogen-bond donors (Lipinski definition) is 0. The van der Waals surface area contributed by atoms with Crippen molar-refractivity contribution in [1.82, 2.24) is 9.21 Å². The maximum Gasteiger partial charge on any atom is 0.417 e. The van der Waals surface area contributed by atoms with Crippen molar-refractivity contribution in [2.24, 2.45) is 5.92 Å². The van der Waals surface area contributed by atoms with Crippen LogP contribution in [0.4, 0.5) is 13.2 Å². The van der Waals surface area contributed by atoms with Gasteiger partial charge in [0.15, 0.2) is 0 Å². The van der Waals surface area contributed by atoms with Crippen LogP contribution in [0, 0.1) is 5.92 Å². The lowest BCUT2D eigenvalue weighted by atomic mass is 9.95. The summed E-state index contributed by atoms with van der Waals surface area (Å²) in [5.74, 6) is 0.833. The Labute approximate surface area is 156 Å². The first-order chi connectivity index (χ1) is 11.8. The third-order valence-corrected chi connectivity index (χ3v) is 6.65. The lowest BCUT2D eigenvalue weighted by Gasteiger charge is -2.41. The van der Waals surface area contributed by atoms with Crippen LogP contribution < -0.4 is 0 Å². The van der Waals surface area contributed by atoms with Gasteiger partial charge >= 0.3 is 6.18 Å². The Morgan fingerprint density at radius 2 is 1.68 bits per heavy atom. The number of benzene rings is 1. The van der Waals surface area contributed by atoms with Gasteiger partial charge in [-0.1, -0.05) is 18.5 Å². The summed E-state index contributed by atoms with van der Waals surface area (Å²) in [6.07, 6.45) is 0.314. The summed E-state index contributed by atoms with van der Waals surface area (Å²) in [5, 5.41) is -0.241. The van der Waals surface area contributed by atoms with Crippen LogP contribution in [0.3, 0.4) is 0 Å². The second kappa shape index (κ2) is 8.07. The summed E-state index contributed by atoms with van der Waals surface area (Å²) in [6, 6.07) is 4.79. The number of nitrogens with zero attached hydrogens (tertiary/aromatic N) is 2. The number of hydrogen-bond acceptors (Lipinski definition) is 3. The maximum atomic E-state index is 13.0. The minimum Gasteiger partial charge on any atom is -0.300 e. The van der Waals surface area contributed by atoms with E-state index >= 15 is 0 Å². The van der Waals surface area contributed by atoms with Gasteiger partial charge < -0.3 is 4.90 Å². The predicted molar refractivity (Wildman–Crippen MR) is 96.9 cm³/mol. The van der Waals surface area contributed by atoms with E-state index in [9.17, 15) is 13.2 Å². The van der Waals surface area contributed by atoms with E-state index < -0.39 is 11.7 Å². The molecule has 7 heteroatoms. The highest BCUT2D eigenvalue weighted by atomic mass is 35.5. The van der Waals surface area contributed by atoms with Crippen molar-refractivity contribution >= 4 is 23.5 Å². The molecular formula is C18H24ClF3N2S. The number of likely N-dealkylation sites (tertiary alicyclic amines) is 1. The summed E-state index contributed by atoms with van der Waals surface area (Å²) in [5.41, 5.74) is -0.753. The molecule has 0 bridgehead atoms. The van der Waals surface area contributed by atoms with Crippen LogP contribution in [0.1, 0.15) is 38.2 Å². The molecule has 0 spiro atoms. The first-order valence-corrected chi connectivity index (χ1v) is 10.0. The molecule has 0 amide bonds. The molecule has 0 saturated carbocycles. The highest BCUT2D eigenvalue weighted by Gasteiger charge is 2.34. The molecule has 0 unspecified atom stereocenters. The Morgan fingerprint density at radius 1 is 1.04 bits per heavy atom. The van der Waals surface area contributed by atoms with Gasteiger partial charge in [0, 0.05) is 24.0 Å². The van der Waals surface area contributed by atoms with Crippen LogP contribution in [-0.2, 0) is 6.18 Å². The second-order valence-electron chi connectivity index (χ2n) is 7.11. The summed E-state index contributed by atoms with van der Waals surface area (Å²) in [7, 11) is 0. The van der Waals surface area contributed by atoms with E-state index in [2.05, 4.69) is 16.1 Å². The predicted octanol–water partition coefficient (Wildman–Crippen LogP) is 5.56. The second-order valence-corrected chi connectivity index (χ2v) is 8.69. The SMILES string of the molecule is CC1CCN(C2CCN(Sc3ccc(Cl)c(C(F)(F)F)c3)CC2)CC1. The van der Waals surface area contributed by atoms with Crippen molar-refractivity contribution in [2.45, 2.75) is 49.7 Å². The molecule has 0 aromatic heterocycles. The molecule has 1 aromatic rings. The lowest BCUT2D eigenvalue weighted by molar-refractivity contribution is -0.137. The Balaban J connectivity index is 1.54. The maximum absolute atomic E-state index is 13.0. The topological polar surface area (TPSA) is 6.48 Å². The van der Waals surface area contributed by atoms with E-state index in [0.29, 0.717) is 10.9 Å². The van der Waals surface area contributed by atoms with Gasteiger partial charge in [0.05, 0.1) is 10.6 Å². The van der Waals surface area contributed by atoms with Gasteiger partial charge in [0.25, 0.3) is 0 Å². The first kappa shape index (κ1) is 19.3. The molecule has 25 heavy (non-hydrogen) atoms. The summed E-state index contributed by atoms with van der Waals surface area (Å²) >= 11 is 7.10. The third kappa shape index (κ3) is 5.06. The van der Waals surface area contributed by atoms with Crippen molar-refractivity contribution in [3.8, 4) is 0 Å².